The summed E-state index contributed by atoms with van der Waals surface area (Å²) in [5, 5.41) is 0. The number of amides is 6. The van der Waals surface area contributed by atoms with Crippen LogP contribution in [0.25, 0.3) is 0 Å². The second kappa shape index (κ2) is 9.18. The van der Waals surface area contributed by atoms with Gasteiger partial charge in [-0.3, -0.25) is 9.59 Å². The van der Waals surface area contributed by atoms with Crippen molar-refractivity contribution in [2.24, 2.45) is 0 Å². The highest BCUT2D eigenvalue weighted by atomic mass is 16.2. The molecule has 168 valence electrons. The molecule has 0 aliphatic carbocycles. The van der Waals surface area contributed by atoms with Gasteiger partial charge in [0.15, 0.2) is 11.3 Å². The third-order valence-electron chi connectivity index (χ3n) is 6.80. The van der Waals surface area contributed by atoms with Crippen molar-refractivity contribution in [3.05, 3.63) is 12.2 Å². The molecular weight excluding hydrogens is 384 g/mol. The maximum atomic E-state index is 13.0. The third-order valence-corrected chi connectivity index (χ3v) is 6.80. The summed E-state index contributed by atoms with van der Waals surface area (Å²) in [7, 11) is 3.08. The Kier molecular flexibility index (Phi) is 7.31. The molecule has 2 aliphatic heterocycles. The molecule has 0 radical (unpaired) electrons. The molecule has 0 aromatic heterocycles. The van der Waals surface area contributed by atoms with Gasteiger partial charge in [-0.25, -0.2) is 19.4 Å². The summed E-state index contributed by atoms with van der Waals surface area (Å²) in [6.07, 6.45) is 12.2. The Labute approximate surface area is 179 Å². The standard InChI is InChI=1S/C22H36N4O4/c1-7-8-9-10-11-12-13-14-15-16-18(28)26-20(30)24(6)21(3)22(26,4)25(17(2)27)19(29)23(21)5/h15-16H,7-14H2,1-6H3/b16-15+/t21-,22+/m1/s1. The summed E-state index contributed by atoms with van der Waals surface area (Å²) in [5.41, 5.74) is -2.59. The van der Waals surface area contributed by atoms with Gasteiger partial charge in [-0.15, -0.1) is 0 Å². The van der Waals surface area contributed by atoms with Crippen LogP contribution in [0.4, 0.5) is 9.59 Å². The monoisotopic (exact) mass is 420 g/mol. The van der Waals surface area contributed by atoms with E-state index < -0.39 is 35.2 Å². The van der Waals surface area contributed by atoms with Gasteiger partial charge < -0.3 is 9.80 Å². The normalized spacial score (nSPS) is 26.3. The lowest BCUT2D eigenvalue weighted by molar-refractivity contribution is -0.142. The van der Waals surface area contributed by atoms with Crippen molar-refractivity contribution in [1.29, 1.82) is 0 Å². The van der Waals surface area contributed by atoms with Crippen LogP contribution in [0.3, 0.4) is 0 Å². The molecule has 2 aliphatic rings. The zero-order chi connectivity index (χ0) is 22.7. The lowest BCUT2D eigenvalue weighted by atomic mass is 9.95. The zero-order valence-electron chi connectivity index (χ0n) is 19.2. The van der Waals surface area contributed by atoms with Crippen LogP contribution in [0.2, 0.25) is 0 Å². The minimum absolute atomic E-state index is 0.508. The summed E-state index contributed by atoms with van der Waals surface area (Å²) >= 11 is 0. The highest BCUT2D eigenvalue weighted by Crippen LogP contribution is 2.50. The Bertz CT molecular complexity index is 737. The zero-order valence-corrected chi connectivity index (χ0v) is 19.2. The summed E-state index contributed by atoms with van der Waals surface area (Å²) in [5.74, 6) is -1.03. The molecule has 0 saturated carbocycles. The van der Waals surface area contributed by atoms with Crippen LogP contribution < -0.4 is 0 Å². The SMILES string of the molecule is CCCCCCCCC/C=C/C(=O)N1C(=O)N(C)[C@@]2(C)N(C)C(=O)N(C(C)=O)[C@@]12C. The van der Waals surface area contributed by atoms with E-state index in [1.807, 2.05) is 0 Å². The summed E-state index contributed by atoms with van der Waals surface area (Å²) in [6, 6.07) is -1.06. The molecule has 8 nitrogen and oxygen atoms in total. The van der Waals surface area contributed by atoms with E-state index in [1.165, 1.54) is 62.0 Å². The molecule has 6 amide bonds. The summed E-state index contributed by atoms with van der Waals surface area (Å²) in [4.78, 5) is 55.8. The van der Waals surface area contributed by atoms with E-state index in [-0.39, 0.29) is 0 Å². The van der Waals surface area contributed by atoms with E-state index >= 15 is 0 Å². The van der Waals surface area contributed by atoms with E-state index in [0.717, 1.165) is 29.1 Å². The molecule has 2 atom stereocenters. The molecule has 0 aromatic rings. The minimum atomic E-state index is -1.43. The molecule has 30 heavy (non-hydrogen) atoms. The van der Waals surface area contributed by atoms with E-state index in [2.05, 4.69) is 6.92 Å². The Morgan fingerprint density at radius 2 is 1.33 bits per heavy atom. The highest BCUT2D eigenvalue weighted by Gasteiger charge is 2.75. The van der Waals surface area contributed by atoms with Gasteiger partial charge in [-0.1, -0.05) is 51.5 Å². The van der Waals surface area contributed by atoms with Crippen molar-refractivity contribution in [1.82, 2.24) is 19.6 Å². The number of carbonyl (C=O) groups is 4. The van der Waals surface area contributed by atoms with E-state index in [0.29, 0.717) is 0 Å². The first-order valence-corrected chi connectivity index (χ1v) is 10.9. The van der Waals surface area contributed by atoms with Gasteiger partial charge in [0.05, 0.1) is 0 Å². The van der Waals surface area contributed by atoms with Crippen molar-refractivity contribution in [2.45, 2.75) is 90.4 Å². The fourth-order valence-electron chi connectivity index (χ4n) is 4.66. The predicted octanol–water partition coefficient (Wildman–Crippen LogP) is 3.92. The van der Waals surface area contributed by atoms with Crippen molar-refractivity contribution < 1.29 is 19.2 Å². The molecule has 0 unspecified atom stereocenters. The van der Waals surface area contributed by atoms with Gasteiger partial charge in [0.2, 0.25) is 5.91 Å². The number of imide groups is 2. The number of nitrogens with zero attached hydrogens (tertiary/aromatic N) is 4. The first-order valence-electron chi connectivity index (χ1n) is 10.9. The molecule has 2 rings (SSSR count). The molecule has 0 N–H and O–H groups in total. The van der Waals surface area contributed by atoms with Crippen LogP contribution in [-0.2, 0) is 9.59 Å². The number of urea groups is 2. The number of fused-ring (bicyclic) bond motifs is 1. The van der Waals surface area contributed by atoms with Crippen molar-refractivity contribution in [3.8, 4) is 0 Å². The van der Waals surface area contributed by atoms with Gasteiger partial charge >= 0.3 is 12.1 Å². The van der Waals surface area contributed by atoms with Crippen LogP contribution in [0.15, 0.2) is 12.2 Å². The largest absolute Gasteiger partial charge is 0.330 e. The molecule has 2 fully saturated rings. The Hall–Kier alpha value is -2.38. The van der Waals surface area contributed by atoms with Crippen LogP contribution in [0, 0.1) is 0 Å². The van der Waals surface area contributed by atoms with Crippen LogP contribution in [0.1, 0.15) is 79.1 Å². The average Bonchev–Trinajstić information content (AvgIpc) is 2.94. The summed E-state index contributed by atoms with van der Waals surface area (Å²) in [6.45, 7) is 6.76. The third kappa shape index (κ3) is 3.61. The topological polar surface area (TPSA) is 81.2 Å². The fraction of sp³-hybridized carbons (Fsp3) is 0.727. The maximum absolute atomic E-state index is 13.0. The molecule has 0 aromatic carbocycles. The first kappa shape index (κ1) is 23.9. The number of likely N-dealkylation sites (N-methyl/N-ethyl adjacent to an activating group) is 2. The highest BCUT2D eigenvalue weighted by molar-refractivity contribution is 6.07. The Morgan fingerprint density at radius 1 is 0.833 bits per heavy atom. The molecule has 2 heterocycles. The number of hydrogen-bond acceptors (Lipinski definition) is 4. The van der Waals surface area contributed by atoms with Crippen molar-refractivity contribution in [3.63, 3.8) is 0 Å². The van der Waals surface area contributed by atoms with Crippen LogP contribution >= 0.6 is 0 Å². The summed E-state index contributed by atoms with van der Waals surface area (Å²) < 4.78 is 0. The lowest BCUT2D eigenvalue weighted by Crippen LogP contribution is -2.65. The second-order valence-corrected chi connectivity index (χ2v) is 8.57. The molecule has 2 saturated heterocycles. The second-order valence-electron chi connectivity index (χ2n) is 8.57. The van der Waals surface area contributed by atoms with E-state index in [1.54, 1.807) is 27.0 Å². The Balaban J connectivity index is 2.10. The lowest BCUT2D eigenvalue weighted by Gasteiger charge is -2.42. The number of unbranched alkanes of at least 4 members (excludes halogenated alkanes) is 7. The molecular formula is C22H36N4O4. The van der Waals surface area contributed by atoms with Crippen molar-refractivity contribution >= 4 is 23.9 Å². The Morgan fingerprint density at radius 3 is 1.87 bits per heavy atom. The predicted molar refractivity (Wildman–Crippen MR) is 114 cm³/mol. The number of hydrogen-bond donors (Lipinski definition) is 0. The fourth-order valence-corrected chi connectivity index (χ4v) is 4.66. The van der Waals surface area contributed by atoms with E-state index in [9.17, 15) is 19.2 Å². The first-order chi connectivity index (χ1) is 14.1. The molecule has 8 heteroatoms. The number of rotatable bonds is 9. The van der Waals surface area contributed by atoms with Gasteiger partial charge in [-0.05, 0) is 32.8 Å². The van der Waals surface area contributed by atoms with Gasteiger partial charge in [0.1, 0.15) is 0 Å². The minimum Gasteiger partial charge on any atom is -0.300 e. The van der Waals surface area contributed by atoms with Crippen molar-refractivity contribution in [2.75, 3.05) is 14.1 Å². The number of carbonyl (C=O) groups excluding carboxylic acids is 4. The number of allylic oxidation sites excluding steroid dienone is 1. The maximum Gasteiger partial charge on any atom is 0.330 e. The van der Waals surface area contributed by atoms with Gasteiger partial charge in [-0.2, -0.15) is 0 Å². The average molecular weight is 421 g/mol. The molecule has 0 spiro atoms. The van der Waals surface area contributed by atoms with Gasteiger partial charge in [0, 0.05) is 21.0 Å². The van der Waals surface area contributed by atoms with Gasteiger partial charge in [0.25, 0.3) is 5.91 Å². The van der Waals surface area contributed by atoms with E-state index in [4.69, 9.17) is 0 Å². The smallest absolute Gasteiger partial charge is 0.300 e. The van der Waals surface area contributed by atoms with Crippen LogP contribution in [0.5, 0.6) is 0 Å². The quantitative estimate of drug-likeness (QED) is 0.418. The molecule has 0 bridgehead atoms. The van der Waals surface area contributed by atoms with Crippen LogP contribution in [-0.4, -0.2) is 68.9 Å².